The molecule has 0 unspecified atom stereocenters. The Morgan fingerprint density at radius 2 is 2.27 bits per heavy atom. The van der Waals surface area contributed by atoms with E-state index in [1.165, 1.54) is 6.04 Å². The number of hydrogen-bond acceptors (Lipinski definition) is 2. The second-order valence-electron chi connectivity index (χ2n) is 3.09. The Morgan fingerprint density at radius 3 is 2.87 bits per heavy atom. The van der Waals surface area contributed by atoms with Gasteiger partial charge in [0.2, 0.25) is 0 Å². The summed E-state index contributed by atoms with van der Waals surface area (Å²) in [5.74, 6) is -0.234. The van der Waals surface area contributed by atoms with Crippen molar-refractivity contribution in [1.82, 2.24) is 0 Å². The molecule has 15 heavy (non-hydrogen) atoms. The van der Waals surface area contributed by atoms with Crippen LogP contribution in [0.4, 0.5) is 0 Å². The van der Waals surface area contributed by atoms with E-state index < -0.39 is 0 Å². The van der Waals surface area contributed by atoms with Crippen LogP contribution in [-0.2, 0) is 4.74 Å². The van der Waals surface area contributed by atoms with Gasteiger partial charge in [0.25, 0.3) is 0 Å². The summed E-state index contributed by atoms with van der Waals surface area (Å²) in [7, 11) is 1.16. The summed E-state index contributed by atoms with van der Waals surface area (Å²) in [6.45, 7) is 0.528. The summed E-state index contributed by atoms with van der Waals surface area (Å²) in [6, 6.07) is 6.82. The zero-order valence-corrected chi connectivity index (χ0v) is 14.2. The first-order valence-electron chi connectivity index (χ1n) is 4.78. The predicted molar refractivity (Wildman–Crippen MR) is 76.5 cm³/mol. The molecule has 1 aromatic rings. The van der Waals surface area contributed by atoms with Crippen molar-refractivity contribution in [3.05, 3.63) is 31.8 Å². The van der Waals surface area contributed by atoms with Crippen LogP contribution in [0.15, 0.2) is 22.7 Å². The molecule has 0 saturated heterocycles. The molecule has 0 radical (unpaired) electrons. The van der Waals surface area contributed by atoms with Gasteiger partial charge in [-0.2, -0.15) is 0 Å². The maximum absolute atomic E-state index is 11.7. The quantitative estimate of drug-likeness (QED) is 0.337. The van der Waals surface area contributed by atoms with Crippen molar-refractivity contribution in [2.45, 2.75) is 12.5 Å². The van der Waals surface area contributed by atoms with Crippen molar-refractivity contribution < 1.29 is 9.53 Å². The number of benzene rings is 1. The lowest BCUT2D eigenvalue weighted by atomic mass is 10.2. The summed E-state index contributed by atoms with van der Waals surface area (Å²) in [5, 5.41) is 0. The Kier molecular flexibility index (Phi) is 5.84. The summed E-state index contributed by atoms with van der Waals surface area (Å²) < 4.78 is 6.89. The highest BCUT2D eigenvalue weighted by molar-refractivity contribution is 14.1. The zero-order valence-electron chi connectivity index (χ0n) is 8.43. The highest BCUT2D eigenvalue weighted by Gasteiger charge is 2.14. The highest BCUT2D eigenvalue weighted by atomic mass is 127. The number of carbonyl (C=O) groups excluding carboxylic acids is 1. The monoisotopic (exact) mass is 398 g/mol. The van der Waals surface area contributed by atoms with Crippen molar-refractivity contribution in [2.24, 2.45) is 0 Å². The van der Waals surface area contributed by atoms with Gasteiger partial charge < -0.3 is 4.74 Å². The fourth-order valence-electron chi connectivity index (χ4n) is 1.07. The van der Waals surface area contributed by atoms with E-state index >= 15 is 0 Å². The molecule has 0 N–H and O–H groups in total. The van der Waals surface area contributed by atoms with E-state index in [-0.39, 0.29) is 5.97 Å². The van der Waals surface area contributed by atoms with E-state index in [4.69, 9.17) is 4.74 Å². The minimum Gasteiger partial charge on any atom is -0.462 e. The number of esters is 1. The standard InChI is InChI=1S/C10H12BrIO2Si/c11-7-3-1-4-8(12)9(7)10(13)14-5-2-6-15/h1,3-4H,2,5-6H2,15H3. The third-order valence-corrected chi connectivity index (χ3v) is 4.16. The van der Waals surface area contributed by atoms with Gasteiger partial charge in [0, 0.05) is 18.3 Å². The van der Waals surface area contributed by atoms with Gasteiger partial charge in [-0.1, -0.05) is 12.1 Å². The van der Waals surface area contributed by atoms with Crippen LogP contribution in [-0.4, -0.2) is 22.8 Å². The number of hydrogen-bond donors (Lipinski definition) is 0. The molecule has 0 bridgehead atoms. The summed E-state index contributed by atoms with van der Waals surface area (Å²) in [5.41, 5.74) is 0.631. The third kappa shape index (κ3) is 3.88. The molecule has 0 aliphatic rings. The lowest BCUT2D eigenvalue weighted by Gasteiger charge is -2.07. The molecule has 0 spiro atoms. The number of rotatable bonds is 4. The average Bonchev–Trinajstić information content (AvgIpc) is 2.18. The van der Waals surface area contributed by atoms with Gasteiger partial charge in [-0.3, -0.25) is 0 Å². The Labute approximate surface area is 114 Å². The van der Waals surface area contributed by atoms with Crippen LogP contribution in [0.3, 0.4) is 0 Å². The van der Waals surface area contributed by atoms with E-state index in [1.807, 2.05) is 18.2 Å². The maximum atomic E-state index is 11.7. The molecule has 0 atom stereocenters. The SMILES string of the molecule is O=C(OCCC[SiH3])c1c(Br)cccc1I. The van der Waals surface area contributed by atoms with E-state index in [2.05, 4.69) is 38.5 Å². The van der Waals surface area contributed by atoms with Gasteiger partial charge in [-0.15, -0.1) is 0 Å². The molecule has 0 aliphatic carbocycles. The third-order valence-electron chi connectivity index (χ3n) is 1.90. The lowest BCUT2D eigenvalue weighted by molar-refractivity contribution is 0.0503. The van der Waals surface area contributed by atoms with Crippen LogP contribution in [0.1, 0.15) is 16.8 Å². The van der Waals surface area contributed by atoms with Gasteiger partial charge >= 0.3 is 5.97 Å². The minimum absolute atomic E-state index is 0.234. The van der Waals surface area contributed by atoms with Gasteiger partial charge in [0.05, 0.1) is 12.2 Å². The fourth-order valence-corrected chi connectivity index (χ4v) is 2.98. The Balaban J connectivity index is 2.73. The van der Waals surface area contributed by atoms with Crippen molar-refractivity contribution in [1.29, 1.82) is 0 Å². The molecular formula is C10H12BrIO2Si. The van der Waals surface area contributed by atoms with Gasteiger partial charge in [-0.05, 0) is 57.1 Å². The fraction of sp³-hybridized carbons (Fsp3) is 0.300. The first kappa shape index (κ1) is 13.2. The summed E-state index contributed by atoms with van der Waals surface area (Å²) in [6.07, 6.45) is 0.971. The zero-order chi connectivity index (χ0) is 11.3. The molecule has 0 amide bonds. The Hall–Kier alpha value is 0.117. The van der Waals surface area contributed by atoms with Crippen LogP contribution in [0.2, 0.25) is 6.04 Å². The van der Waals surface area contributed by atoms with E-state index in [0.717, 1.165) is 24.7 Å². The first-order valence-corrected chi connectivity index (χ1v) is 8.06. The highest BCUT2D eigenvalue weighted by Crippen LogP contribution is 2.22. The maximum Gasteiger partial charge on any atom is 0.340 e. The van der Waals surface area contributed by atoms with Crippen LogP contribution in [0.25, 0.3) is 0 Å². The molecule has 0 heterocycles. The van der Waals surface area contributed by atoms with Crippen molar-refractivity contribution >= 4 is 54.7 Å². The number of carbonyl (C=O) groups is 1. The molecule has 0 aromatic heterocycles. The molecule has 0 aliphatic heterocycles. The second-order valence-corrected chi connectivity index (χ2v) is 6.10. The molecule has 0 saturated carbocycles. The van der Waals surface area contributed by atoms with E-state index in [9.17, 15) is 4.79 Å². The van der Waals surface area contributed by atoms with Crippen molar-refractivity contribution in [2.75, 3.05) is 6.61 Å². The largest absolute Gasteiger partial charge is 0.462 e. The smallest absolute Gasteiger partial charge is 0.340 e. The van der Waals surface area contributed by atoms with Gasteiger partial charge in [0.1, 0.15) is 0 Å². The van der Waals surface area contributed by atoms with Crippen LogP contribution in [0, 0.1) is 3.57 Å². The van der Waals surface area contributed by atoms with Crippen LogP contribution < -0.4 is 0 Å². The number of halogens is 2. The normalized spacial score (nSPS) is 10.3. The van der Waals surface area contributed by atoms with E-state index in [0.29, 0.717) is 12.2 Å². The average molecular weight is 399 g/mol. The van der Waals surface area contributed by atoms with E-state index in [1.54, 1.807) is 0 Å². The predicted octanol–water partition coefficient (Wildman–Crippen LogP) is 2.38. The molecule has 5 heteroatoms. The van der Waals surface area contributed by atoms with Crippen LogP contribution >= 0.6 is 38.5 Å². The number of ether oxygens (including phenoxy) is 1. The lowest BCUT2D eigenvalue weighted by Crippen LogP contribution is -2.09. The van der Waals surface area contributed by atoms with Gasteiger partial charge in [-0.25, -0.2) is 4.79 Å². The molecule has 1 aromatic carbocycles. The molecule has 82 valence electrons. The summed E-state index contributed by atoms with van der Waals surface area (Å²) in [4.78, 5) is 11.7. The van der Waals surface area contributed by atoms with Gasteiger partial charge in [0.15, 0.2) is 0 Å². The molecule has 2 nitrogen and oxygen atoms in total. The molecular weight excluding hydrogens is 387 g/mol. The molecule has 1 rings (SSSR count). The second kappa shape index (κ2) is 6.65. The van der Waals surface area contributed by atoms with Crippen molar-refractivity contribution in [3.63, 3.8) is 0 Å². The van der Waals surface area contributed by atoms with Crippen LogP contribution in [0.5, 0.6) is 0 Å². The Bertz CT molecular complexity index is 337. The molecule has 0 fully saturated rings. The van der Waals surface area contributed by atoms with Crippen molar-refractivity contribution in [3.8, 4) is 0 Å². The minimum atomic E-state index is -0.234. The Morgan fingerprint density at radius 1 is 1.53 bits per heavy atom. The summed E-state index contributed by atoms with van der Waals surface area (Å²) >= 11 is 5.50. The topological polar surface area (TPSA) is 26.3 Å². The first-order chi connectivity index (χ1) is 7.16.